The molecule has 1 N–H and O–H groups in total. The molecule has 1 amide bonds. The lowest BCUT2D eigenvalue weighted by Gasteiger charge is -2.14. The molecular weight excluding hydrogens is 450 g/mol. The third-order valence-electron chi connectivity index (χ3n) is 5.26. The van der Waals surface area contributed by atoms with Crippen molar-refractivity contribution >= 4 is 39.0 Å². The average molecular weight is 476 g/mol. The van der Waals surface area contributed by atoms with Crippen molar-refractivity contribution < 1.29 is 23.8 Å². The largest absolute Gasteiger partial charge is 0.493 e. The first-order valence-electron chi connectivity index (χ1n) is 10.9. The monoisotopic (exact) mass is 475 g/mol. The van der Waals surface area contributed by atoms with E-state index in [0.29, 0.717) is 28.5 Å². The van der Waals surface area contributed by atoms with E-state index in [1.807, 2.05) is 56.3 Å². The summed E-state index contributed by atoms with van der Waals surface area (Å²) in [6.07, 6.45) is 0. The standard InChI is InChI=1S/C27H25NO5S/c1-4-32-23-11-9-18(13-20(23)16-33-22-8-6-5-7-17(22)2)26(29)28-21-10-12-24-19(14-21)15-25(34-24)27(30)31-3/h5-15H,4,16H2,1-3H3,(H,28,29). The van der Waals surface area contributed by atoms with Gasteiger partial charge in [-0.1, -0.05) is 18.2 Å². The van der Waals surface area contributed by atoms with Crippen LogP contribution in [-0.4, -0.2) is 25.6 Å². The van der Waals surface area contributed by atoms with Gasteiger partial charge in [-0.15, -0.1) is 11.3 Å². The number of carbonyl (C=O) groups excluding carboxylic acids is 2. The van der Waals surface area contributed by atoms with Crippen LogP contribution >= 0.6 is 11.3 Å². The van der Waals surface area contributed by atoms with Crippen LogP contribution in [0.5, 0.6) is 11.5 Å². The molecule has 4 aromatic rings. The summed E-state index contributed by atoms with van der Waals surface area (Å²) >= 11 is 1.35. The number of para-hydroxylation sites is 1. The molecule has 0 bridgehead atoms. The second-order valence-electron chi connectivity index (χ2n) is 7.62. The summed E-state index contributed by atoms with van der Waals surface area (Å²) in [6, 6.07) is 20.4. The first kappa shape index (κ1) is 23.3. The van der Waals surface area contributed by atoms with Crippen LogP contribution in [0.15, 0.2) is 66.7 Å². The van der Waals surface area contributed by atoms with Gasteiger partial charge in [-0.2, -0.15) is 0 Å². The van der Waals surface area contributed by atoms with E-state index in [1.54, 1.807) is 24.3 Å². The van der Waals surface area contributed by atoms with Crippen LogP contribution < -0.4 is 14.8 Å². The number of rotatable bonds is 8. The van der Waals surface area contributed by atoms with Gasteiger partial charge < -0.3 is 19.5 Å². The first-order valence-corrected chi connectivity index (χ1v) is 11.7. The quantitative estimate of drug-likeness (QED) is 0.306. The smallest absolute Gasteiger partial charge is 0.348 e. The molecule has 4 rings (SSSR count). The first-order chi connectivity index (χ1) is 16.5. The normalized spacial score (nSPS) is 10.7. The number of benzene rings is 3. The van der Waals surface area contributed by atoms with Crippen molar-refractivity contribution in [2.45, 2.75) is 20.5 Å². The Hall–Kier alpha value is -3.84. The van der Waals surface area contributed by atoms with E-state index in [0.717, 1.165) is 27.0 Å². The topological polar surface area (TPSA) is 73.9 Å². The van der Waals surface area contributed by atoms with Crippen LogP contribution in [0.4, 0.5) is 5.69 Å². The molecule has 0 saturated carbocycles. The Kier molecular flexibility index (Phi) is 7.13. The molecule has 34 heavy (non-hydrogen) atoms. The second-order valence-corrected chi connectivity index (χ2v) is 8.70. The minimum Gasteiger partial charge on any atom is -0.493 e. The van der Waals surface area contributed by atoms with Gasteiger partial charge in [0.15, 0.2) is 0 Å². The van der Waals surface area contributed by atoms with E-state index < -0.39 is 0 Å². The lowest BCUT2D eigenvalue weighted by atomic mass is 10.1. The Morgan fingerprint density at radius 2 is 1.76 bits per heavy atom. The number of methoxy groups -OCH3 is 1. The molecule has 3 aromatic carbocycles. The van der Waals surface area contributed by atoms with Crippen molar-refractivity contribution in [2.75, 3.05) is 19.0 Å². The van der Waals surface area contributed by atoms with Crippen LogP contribution in [-0.2, 0) is 11.3 Å². The predicted molar refractivity (Wildman–Crippen MR) is 134 cm³/mol. The zero-order chi connectivity index (χ0) is 24.1. The number of anilines is 1. The van der Waals surface area contributed by atoms with E-state index in [4.69, 9.17) is 14.2 Å². The summed E-state index contributed by atoms with van der Waals surface area (Å²) < 4.78 is 17.5. The van der Waals surface area contributed by atoms with Gasteiger partial charge in [-0.25, -0.2) is 4.79 Å². The molecule has 0 spiro atoms. The zero-order valence-corrected chi connectivity index (χ0v) is 20.0. The Bertz CT molecular complexity index is 1340. The molecule has 0 aliphatic carbocycles. The Morgan fingerprint density at radius 3 is 2.53 bits per heavy atom. The van der Waals surface area contributed by atoms with E-state index in [-0.39, 0.29) is 18.5 Å². The number of carbonyl (C=O) groups is 2. The van der Waals surface area contributed by atoms with Gasteiger partial charge in [0, 0.05) is 21.5 Å². The highest BCUT2D eigenvalue weighted by Crippen LogP contribution is 2.29. The average Bonchev–Trinajstić information content (AvgIpc) is 3.27. The lowest BCUT2D eigenvalue weighted by Crippen LogP contribution is -2.13. The fraction of sp³-hybridized carbons (Fsp3) is 0.185. The Morgan fingerprint density at radius 1 is 0.941 bits per heavy atom. The third-order valence-corrected chi connectivity index (χ3v) is 6.36. The molecule has 0 unspecified atom stereocenters. The van der Waals surface area contributed by atoms with Gasteiger partial charge in [0.25, 0.3) is 5.91 Å². The summed E-state index contributed by atoms with van der Waals surface area (Å²) in [4.78, 5) is 25.3. The van der Waals surface area contributed by atoms with Crippen LogP contribution in [0.25, 0.3) is 10.1 Å². The molecule has 0 aliphatic heterocycles. The molecular formula is C27H25NO5S. The van der Waals surface area contributed by atoms with Crippen molar-refractivity contribution in [3.8, 4) is 11.5 Å². The molecule has 1 heterocycles. The van der Waals surface area contributed by atoms with Crippen molar-refractivity contribution in [1.29, 1.82) is 0 Å². The van der Waals surface area contributed by atoms with Crippen LogP contribution in [0.3, 0.4) is 0 Å². The number of fused-ring (bicyclic) bond motifs is 1. The fourth-order valence-corrected chi connectivity index (χ4v) is 4.49. The van der Waals surface area contributed by atoms with Gasteiger partial charge in [0.2, 0.25) is 0 Å². The summed E-state index contributed by atoms with van der Waals surface area (Å²) in [5, 5.41) is 3.80. The minimum absolute atomic E-state index is 0.247. The maximum Gasteiger partial charge on any atom is 0.348 e. The molecule has 0 fully saturated rings. The zero-order valence-electron chi connectivity index (χ0n) is 19.2. The predicted octanol–water partition coefficient (Wildman–Crippen LogP) is 6.23. The summed E-state index contributed by atoms with van der Waals surface area (Å²) in [7, 11) is 1.36. The van der Waals surface area contributed by atoms with Crippen LogP contribution in [0.2, 0.25) is 0 Å². The highest BCUT2D eigenvalue weighted by molar-refractivity contribution is 7.20. The van der Waals surface area contributed by atoms with Gasteiger partial charge in [-0.3, -0.25) is 4.79 Å². The number of ether oxygens (including phenoxy) is 3. The van der Waals surface area contributed by atoms with E-state index >= 15 is 0 Å². The van der Waals surface area contributed by atoms with Crippen LogP contribution in [0, 0.1) is 6.92 Å². The minimum atomic E-state index is -0.374. The molecule has 7 heteroatoms. The highest BCUT2D eigenvalue weighted by Gasteiger charge is 2.14. The van der Waals surface area contributed by atoms with Crippen LogP contribution in [0.1, 0.15) is 38.1 Å². The molecule has 174 valence electrons. The molecule has 0 aliphatic rings. The van der Waals surface area contributed by atoms with E-state index in [9.17, 15) is 9.59 Å². The Balaban J connectivity index is 1.53. The van der Waals surface area contributed by atoms with Gasteiger partial charge in [0.05, 0.1) is 13.7 Å². The summed E-state index contributed by atoms with van der Waals surface area (Å²) in [5.41, 5.74) is 2.95. The van der Waals surface area contributed by atoms with Gasteiger partial charge in [0.1, 0.15) is 23.0 Å². The summed E-state index contributed by atoms with van der Waals surface area (Å²) in [5.74, 6) is 0.849. The molecule has 0 atom stereocenters. The number of hydrogen-bond acceptors (Lipinski definition) is 6. The van der Waals surface area contributed by atoms with Crippen molar-refractivity contribution in [1.82, 2.24) is 0 Å². The molecule has 6 nitrogen and oxygen atoms in total. The maximum absolute atomic E-state index is 13.0. The fourth-order valence-electron chi connectivity index (χ4n) is 3.53. The van der Waals surface area contributed by atoms with E-state index in [2.05, 4.69) is 5.32 Å². The van der Waals surface area contributed by atoms with E-state index in [1.165, 1.54) is 18.4 Å². The highest BCUT2D eigenvalue weighted by atomic mass is 32.1. The SMILES string of the molecule is CCOc1ccc(C(=O)Nc2ccc3sc(C(=O)OC)cc3c2)cc1COc1ccccc1C. The maximum atomic E-state index is 13.0. The van der Waals surface area contributed by atoms with Gasteiger partial charge in [-0.05, 0) is 73.3 Å². The molecule has 1 aromatic heterocycles. The second kappa shape index (κ2) is 10.4. The number of aryl methyl sites for hydroxylation is 1. The summed E-state index contributed by atoms with van der Waals surface area (Å²) in [6.45, 7) is 4.69. The van der Waals surface area contributed by atoms with Gasteiger partial charge >= 0.3 is 5.97 Å². The molecule has 0 saturated heterocycles. The number of amides is 1. The van der Waals surface area contributed by atoms with Crippen molar-refractivity contribution in [3.05, 3.63) is 88.3 Å². The number of nitrogens with one attached hydrogen (secondary N) is 1. The van der Waals surface area contributed by atoms with Crippen molar-refractivity contribution in [2.24, 2.45) is 0 Å². The molecule has 0 radical (unpaired) electrons. The number of hydrogen-bond donors (Lipinski definition) is 1. The number of thiophene rings is 1. The van der Waals surface area contributed by atoms with Crippen molar-refractivity contribution in [3.63, 3.8) is 0 Å². The Labute approximate surface area is 202 Å². The third kappa shape index (κ3) is 5.21. The number of esters is 1. The lowest BCUT2D eigenvalue weighted by molar-refractivity contribution is 0.0606.